The number of carbonyl (C=O) groups is 2. The molecule has 3 rings (SSSR count). The number of nitrogens with zero attached hydrogens (tertiary/aromatic N) is 1. The molecule has 3 aliphatic rings. The molecule has 0 amide bonds. The fourth-order valence-electron chi connectivity index (χ4n) is 3.78. The summed E-state index contributed by atoms with van der Waals surface area (Å²) in [5, 5.41) is 2.13. The molecule has 0 bridgehead atoms. The molecule has 4 heteroatoms. The lowest BCUT2D eigenvalue weighted by atomic mass is 9.83. The Morgan fingerprint density at radius 3 is 2.10 bits per heavy atom. The molecule has 3 fully saturated rings. The Balaban J connectivity index is 1.63. The third-order valence-corrected chi connectivity index (χ3v) is 5.04. The molecule has 0 aromatic heterocycles. The lowest BCUT2D eigenvalue weighted by Gasteiger charge is -2.30. The van der Waals surface area contributed by atoms with Gasteiger partial charge >= 0.3 is 0 Å². The van der Waals surface area contributed by atoms with Gasteiger partial charge in [-0.1, -0.05) is 25.7 Å². The molecule has 3 aliphatic carbocycles. The quantitative estimate of drug-likeness (QED) is 0.787. The minimum absolute atomic E-state index is 0.217. The predicted octanol–water partition coefficient (Wildman–Crippen LogP) is 1.18. The van der Waals surface area contributed by atoms with Crippen molar-refractivity contribution >= 4 is 17.3 Å². The molecule has 20 heavy (non-hydrogen) atoms. The van der Waals surface area contributed by atoms with Crippen molar-refractivity contribution in [1.29, 1.82) is 0 Å². The molecule has 3 saturated carbocycles. The molecule has 0 spiro atoms. The topological polar surface area (TPSA) is 63.1 Å². The van der Waals surface area contributed by atoms with Crippen molar-refractivity contribution in [3.8, 4) is 0 Å². The molecule has 0 aliphatic heterocycles. The van der Waals surface area contributed by atoms with Crippen molar-refractivity contribution in [3.63, 3.8) is 0 Å². The Hall–Kier alpha value is -1.03. The molecule has 0 radical (unpaired) electrons. The second-order valence-corrected chi connectivity index (χ2v) is 6.57. The Kier molecular flexibility index (Phi) is 4.29. The Bertz CT molecular complexity index is 418. The summed E-state index contributed by atoms with van der Waals surface area (Å²) in [6, 6.07) is 0.535. The molecule has 0 unspecified atom stereocenters. The number of carbonyl (C=O) groups excluding carboxylic acids is 2. The van der Waals surface area contributed by atoms with Gasteiger partial charge in [0.1, 0.15) is 0 Å². The van der Waals surface area contributed by atoms with Crippen LogP contribution >= 0.6 is 0 Å². The van der Waals surface area contributed by atoms with Gasteiger partial charge in [0.2, 0.25) is 0 Å². The Morgan fingerprint density at radius 2 is 1.45 bits per heavy atom. The second kappa shape index (κ2) is 6.17. The van der Waals surface area contributed by atoms with Gasteiger partial charge in [0.05, 0.1) is 12.1 Å². The van der Waals surface area contributed by atoms with E-state index in [2.05, 4.69) is 10.3 Å². The van der Waals surface area contributed by atoms with Crippen LogP contribution in [0.2, 0.25) is 0 Å². The summed E-state index contributed by atoms with van der Waals surface area (Å²) in [6.07, 6.45) is 12.0. The summed E-state index contributed by atoms with van der Waals surface area (Å²) in [5.74, 6) is -0.530. The number of quaternary nitrogens is 1. The summed E-state index contributed by atoms with van der Waals surface area (Å²) in [4.78, 5) is 28.2. The first-order valence-electron chi connectivity index (χ1n) is 8.27. The van der Waals surface area contributed by atoms with Crippen LogP contribution in [0.5, 0.6) is 0 Å². The molecule has 1 atom stereocenters. The maximum atomic E-state index is 11.8. The number of hydrogen-bond donors (Lipinski definition) is 1. The average molecular weight is 277 g/mol. The van der Waals surface area contributed by atoms with E-state index in [0.717, 1.165) is 12.8 Å². The van der Waals surface area contributed by atoms with Crippen molar-refractivity contribution < 1.29 is 14.9 Å². The highest BCUT2D eigenvalue weighted by molar-refractivity contribution is 6.79. The molecule has 2 N–H and O–H groups in total. The first-order valence-corrected chi connectivity index (χ1v) is 8.27. The van der Waals surface area contributed by atoms with E-state index in [9.17, 15) is 9.59 Å². The van der Waals surface area contributed by atoms with Crippen LogP contribution in [0, 0.1) is 0 Å². The first-order chi connectivity index (χ1) is 9.75. The number of rotatable bonds is 3. The van der Waals surface area contributed by atoms with E-state index >= 15 is 0 Å². The van der Waals surface area contributed by atoms with Crippen LogP contribution < -0.4 is 5.32 Å². The predicted molar refractivity (Wildman–Crippen MR) is 76.9 cm³/mol. The lowest BCUT2D eigenvalue weighted by molar-refractivity contribution is -0.699. The van der Waals surface area contributed by atoms with Gasteiger partial charge in [-0.15, -0.1) is 0 Å². The van der Waals surface area contributed by atoms with E-state index < -0.39 is 0 Å². The zero-order valence-corrected chi connectivity index (χ0v) is 12.1. The maximum absolute atomic E-state index is 11.8. The van der Waals surface area contributed by atoms with Crippen molar-refractivity contribution in [1.82, 2.24) is 0 Å². The smallest absolute Gasteiger partial charge is 0.268 e. The van der Waals surface area contributed by atoms with E-state index in [-0.39, 0.29) is 23.7 Å². The maximum Gasteiger partial charge on any atom is 0.268 e. The minimum atomic E-state index is -0.312. The number of Topliss-reactive ketones (excluding diaryl/α,β-unsaturated/α-hetero) is 2. The minimum Gasteiger partial charge on any atom is -0.330 e. The highest BCUT2D eigenvalue weighted by atomic mass is 16.2. The third kappa shape index (κ3) is 2.85. The van der Waals surface area contributed by atoms with E-state index in [1.165, 1.54) is 51.4 Å². The molecule has 0 saturated heterocycles. The highest BCUT2D eigenvalue weighted by Gasteiger charge is 2.50. The van der Waals surface area contributed by atoms with Crippen LogP contribution in [0.1, 0.15) is 64.2 Å². The molecular weight excluding hydrogens is 252 g/mol. The summed E-state index contributed by atoms with van der Waals surface area (Å²) in [6.45, 7) is 0. The third-order valence-electron chi connectivity index (χ3n) is 5.04. The lowest BCUT2D eigenvalue weighted by Crippen LogP contribution is -3.02. The van der Waals surface area contributed by atoms with Crippen LogP contribution in [0.4, 0.5) is 0 Å². The Morgan fingerprint density at radius 1 is 0.850 bits per heavy atom. The fraction of sp³-hybridized carbons (Fsp3) is 0.812. The molecule has 110 valence electrons. The normalized spacial score (nSPS) is 31.6. The number of hydrogen-bond acceptors (Lipinski definition) is 3. The van der Waals surface area contributed by atoms with Crippen molar-refractivity contribution in [3.05, 3.63) is 0 Å². The number of ketones is 2. The van der Waals surface area contributed by atoms with Gasteiger partial charge in [-0.2, -0.15) is 0 Å². The highest BCUT2D eigenvalue weighted by Crippen LogP contribution is 2.22. The van der Waals surface area contributed by atoms with Crippen molar-refractivity contribution in [2.24, 2.45) is 4.99 Å². The summed E-state index contributed by atoms with van der Waals surface area (Å²) in [5.41, 5.74) is 0.576. The van der Waals surface area contributed by atoms with Gasteiger partial charge in [0, 0.05) is 0 Å². The Labute approximate surface area is 120 Å². The first kappa shape index (κ1) is 13.9. The standard InChI is InChI=1S/C16H24N2O2/c19-15-13(17-11-7-3-1-4-8-11)14(16(15)20)18-12-9-5-2-6-10-12/h11-13,17H,1-10H2/p+1/t13-/m0/s1. The van der Waals surface area contributed by atoms with Crippen LogP contribution in [-0.4, -0.2) is 35.4 Å². The van der Waals surface area contributed by atoms with Gasteiger partial charge in [0.15, 0.2) is 11.8 Å². The van der Waals surface area contributed by atoms with Gasteiger partial charge in [0.25, 0.3) is 11.6 Å². The van der Waals surface area contributed by atoms with Crippen molar-refractivity contribution in [2.45, 2.75) is 82.3 Å². The van der Waals surface area contributed by atoms with Gasteiger partial charge < -0.3 is 5.32 Å². The monoisotopic (exact) mass is 277 g/mol. The fourth-order valence-corrected chi connectivity index (χ4v) is 3.78. The largest absolute Gasteiger partial charge is 0.330 e. The van der Waals surface area contributed by atoms with E-state index in [1.807, 2.05) is 0 Å². The second-order valence-electron chi connectivity index (χ2n) is 6.57. The van der Waals surface area contributed by atoms with Crippen LogP contribution in [0.15, 0.2) is 4.99 Å². The van der Waals surface area contributed by atoms with Crippen LogP contribution in [0.25, 0.3) is 0 Å². The summed E-state index contributed by atoms with van der Waals surface area (Å²) >= 11 is 0. The number of nitrogens with two attached hydrogens (primary N) is 1. The summed E-state index contributed by atoms with van der Waals surface area (Å²) < 4.78 is 0. The summed E-state index contributed by atoms with van der Waals surface area (Å²) in [7, 11) is 0. The van der Waals surface area contributed by atoms with Crippen LogP contribution in [-0.2, 0) is 9.59 Å². The van der Waals surface area contributed by atoms with Crippen LogP contribution in [0.3, 0.4) is 0 Å². The molecule has 0 aromatic rings. The molecular formula is C16H25N2O2+. The van der Waals surface area contributed by atoms with Crippen molar-refractivity contribution in [2.75, 3.05) is 0 Å². The zero-order chi connectivity index (χ0) is 13.9. The molecule has 0 heterocycles. The van der Waals surface area contributed by atoms with E-state index in [4.69, 9.17) is 0 Å². The molecule has 0 aromatic carbocycles. The van der Waals surface area contributed by atoms with E-state index in [0.29, 0.717) is 11.8 Å². The SMILES string of the molecule is O=C1C(=O)[C@@H]([NH2+]C2CCCCC2)C1=NC1CCCCC1. The van der Waals surface area contributed by atoms with Gasteiger partial charge in [-0.3, -0.25) is 14.6 Å². The van der Waals surface area contributed by atoms with Gasteiger partial charge in [-0.05, 0) is 38.5 Å². The van der Waals surface area contributed by atoms with Gasteiger partial charge in [-0.25, -0.2) is 0 Å². The molecule has 4 nitrogen and oxygen atoms in total. The van der Waals surface area contributed by atoms with E-state index in [1.54, 1.807) is 0 Å². The number of aliphatic imine (C=N–C) groups is 1. The zero-order valence-electron chi connectivity index (χ0n) is 12.1. The average Bonchev–Trinajstić information content (AvgIpc) is 2.52.